The summed E-state index contributed by atoms with van der Waals surface area (Å²) in [4.78, 5) is 66.4. The maximum absolute atomic E-state index is 14.5. The Kier molecular flexibility index (Phi) is 14.6. The molecule has 0 spiro atoms. The lowest BCUT2D eigenvalue weighted by atomic mass is 9.86. The van der Waals surface area contributed by atoms with Crippen molar-refractivity contribution < 1.29 is 33.9 Å². The van der Waals surface area contributed by atoms with Crippen LogP contribution in [0, 0.1) is 25.2 Å². The molecule has 4 heterocycles. The van der Waals surface area contributed by atoms with Crippen molar-refractivity contribution >= 4 is 35.3 Å². The van der Waals surface area contributed by atoms with E-state index in [-0.39, 0.29) is 31.5 Å². The number of urea groups is 1. The third-order valence-electron chi connectivity index (χ3n) is 10.1. The molecular formula is C41H55N9O7S. The van der Waals surface area contributed by atoms with E-state index in [0.29, 0.717) is 48.2 Å². The molecule has 17 heteroatoms. The minimum atomic E-state index is -1.36. The minimum absolute atomic E-state index is 0.0233. The van der Waals surface area contributed by atoms with Gasteiger partial charge in [-0.05, 0) is 49.3 Å². The Labute approximate surface area is 343 Å². The fourth-order valence-corrected chi connectivity index (χ4v) is 7.68. The molecule has 5 unspecified atom stereocenters. The summed E-state index contributed by atoms with van der Waals surface area (Å²) in [6.07, 6.45) is -1.77. The maximum atomic E-state index is 14.5. The van der Waals surface area contributed by atoms with Gasteiger partial charge in [-0.25, -0.2) is 19.6 Å². The first-order valence-corrected chi connectivity index (χ1v) is 20.3. The zero-order valence-corrected chi connectivity index (χ0v) is 35.0. The Morgan fingerprint density at radius 3 is 2.38 bits per heavy atom. The zero-order valence-electron chi connectivity index (χ0n) is 34.1. The smallest absolute Gasteiger partial charge is 0.405 e. The zero-order chi connectivity index (χ0) is 42.1. The van der Waals surface area contributed by atoms with Gasteiger partial charge in [0.15, 0.2) is 0 Å². The molecule has 5 amide bonds. The van der Waals surface area contributed by atoms with E-state index in [1.165, 1.54) is 16.3 Å². The Morgan fingerprint density at radius 1 is 1.00 bits per heavy atom. The molecule has 312 valence electrons. The summed E-state index contributed by atoms with van der Waals surface area (Å²) in [5.41, 5.74) is 5.58. The molecule has 1 saturated heterocycles. The number of hydrogen-bond acceptors (Lipinski definition) is 11. The number of carbonyl (C=O) groups excluding carboxylic acids is 3. The number of carbonyl (C=O) groups is 4. The van der Waals surface area contributed by atoms with Crippen molar-refractivity contribution in [1.29, 1.82) is 0 Å². The van der Waals surface area contributed by atoms with Crippen LogP contribution in [0.4, 0.5) is 9.59 Å². The van der Waals surface area contributed by atoms with Gasteiger partial charge in [0, 0.05) is 36.8 Å². The number of pyridine rings is 1. The lowest BCUT2D eigenvalue weighted by Crippen LogP contribution is -2.60. The SMILES string of the molecule is CCC(C)C(C(=O)NC(Cc1ccccc1)C(O)CN(Cc1csc(-c2cc(C)on2)n1)NC(=O)C(NC(=O)O)C(C)(C)C)N1CCN(Cc2cccc(C)n2)C1=O. The number of nitrogens with one attached hydrogen (secondary N) is 3. The number of aliphatic hydroxyl groups is 1. The van der Waals surface area contributed by atoms with Crippen LogP contribution in [0.25, 0.3) is 10.7 Å². The number of aliphatic hydroxyl groups excluding tert-OH is 1. The highest BCUT2D eigenvalue weighted by atomic mass is 32.1. The highest BCUT2D eigenvalue weighted by Gasteiger charge is 2.41. The summed E-state index contributed by atoms with van der Waals surface area (Å²) < 4.78 is 5.22. The number of aryl methyl sites for hydroxylation is 2. The number of benzene rings is 1. The van der Waals surface area contributed by atoms with Crippen molar-refractivity contribution in [3.8, 4) is 10.7 Å². The molecule has 0 radical (unpaired) electrons. The minimum Gasteiger partial charge on any atom is -0.465 e. The van der Waals surface area contributed by atoms with E-state index in [9.17, 15) is 29.4 Å². The molecule has 5 N–H and O–H groups in total. The van der Waals surface area contributed by atoms with E-state index < -0.39 is 47.6 Å². The van der Waals surface area contributed by atoms with E-state index in [1.807, 2.05) is 69.3 Å². The second-order valence-electron chi connectivity index (χ2n) is 15.9. The van der Waals surface area contributed by atoms with Crippen LogP contribution in [-0.2, 0) is 29.1 Å². The molecular weight excluding hydrogens is 763 g/mol. The first-order chi connectivity index (χ1) is 27.5. The van der Waals surface area contributed by atoms with Crippen molar-refractivity contribution in [2.24, 2.45) is 11.3 Å². The number of thiazole rings is 1. The molecule has 0 saturated carbocycles. The quantitative estimate of drug-likeness (QED) is 0.0866. The topological polar surface area (TPSA) is 206 Å². The summed E-state index contributed by atoms with van der Waals surface area (Å²) in [7, 11) is 0. The molecule has 1 aliphatic heterocycles. The van der Waals surface area contributed by atoms with E-state index in [1.54, 1.807) is 48.9 Å². The predicted molar refractivity (Wildman–Crippen MR) is 218 cm³/mol. The van der Waals surface area contributed by atoms with E-state index in [4.69, 9.17) is 4.52 Å². The van der Waals surface area contributed by atoms with Gasteiger partial charge in [0.1, 0.15) is 28.5 Å². The first-order valence-electron chi connectivity index (χ1n) is 19.5. The van der Waals surface area contributed by atoms with Crippen LogP contribution < -0.4 is 16.1 Å². The van der Waals surface area contributed by atoms with Crippen LogP contribution in [0.2, 0.25) is 0 Å². The number of nitrogens with zero attached hydrogens (tertiary/aromatic N) is 6. The molecule has 1 aliphatic rings. The average Bonchev–Trinajstić information content (AvgIpc) is 3.90. The summed E-state index contributed by atoms with van der Waals surface area (Å²) >= 11 is 1.33. The lowest BCUT2D eigenvalue weighted by Gasteiger charge is -2.35. The average molecular weight is 818 g/mol. The Morgan fingerprint density at radius 2 is 1.74 bits per heavy atom. The summed E-state index contributed by atoms with van der Waals surface area (Å²) in [6.45, 7) is 13.7. The van der Waals surface area contributed by atoms with E-state index >= 15 is 0 Å². The van der Waals surface area contributed by atoms with Gasteiger partial charge in [-0.1, -0.05) is 82.6 Å². The predicted octanol–water partition coefficient (Wildman–Crippen LogP) is 4.77. The van der Waals surface area contributed by atoms with Crippen molar-refractivity contribution in [3.05, 3.63) is 88.4 Å². The van der Waals surface area contributed by atoms with Crippen molar-refractivity contribution in [2.45, 2.75) is 98.6 Å². The maximum Gasteiger partial charge on any atom is 0.405 e. The second-order valence-corrected chi connectivity index (χ2v) is 16.8. The van der Waals surface area contributed by atoms with Crippen LogP contribution in [-0.4, -0.2) is 108 Å². The molecule has 4 aromatic rings. The number of hydrogen-bond donors (Lipinski definition) is 5. The summed E-state index contributed by atoms with van der Waals surface area (Å²) in [6, 6.07) is 13.7. The third-order valence-corrected chi connectivity index (χ3v) is 11.0. The van der Waals surface area contributed by atoms with E-state index in [2.05, 4.69) is 31.2 Å². The highest BCUT2D eigenvalue weighted by Crippen LogP contribution is 2.26. The molecule has 3 aromatic heterocycles. The number of hydrazine groups is 1. The van der Waals surface area contributed by atoms with Crippen molar-refractivity contribution in [2.75, 3.05) is 19.6 Å². The van der Waals surface area contributed by atoms with Gasteiger partial charge in [-0.3, -0.25) is 20.0 Å². The van der Waals surface area contributed by atoms with Crippen LogP contribution in [0.5, 0.6) is 0 Å². The van der Waals surface area contributed by atoms with Gasteiger partial charge in [0.2, 0.25) is 5.91 Å². The van der Waals surface area contributed by atoms with Gasteiger partial charge < -0.3 is 35.2 Å². The molecule has 1 aromatic carbocycles. The number of carboxylic acid groups (broad SMARTS) is 1. The van der Waals surface area contributed by atoms with E-state index in [0.717, 1.165) is 17.0 Å². The monoisotopic (exact) mass is 817 g/mol. The Hall–Kier alpha value is -5.39. The van der Waals surface area contributed by atoms with Crippen LogP contribution in [0.3, 0.4) is 0 Å². The second kappa shape index (κ2) is 19.4. The fraction of sp³-hybridized carbons (Fsp3) is 0.488. The number of rotatable bonds is 18. The van der Waals surface area contributed by atoms with Gasteiger partial charge in [-0.15, -0.1) is 11.3 Å². The Bertz CT molecular complexity index is 2020. The third kappa shape index (κ3) is 11.6. The normalized spacial score (nSPS) is 15.8. The molecule has 5 rings (SSSR count). The lowest BCUT2D eigenvalue weighted by molar-refractivity contribution is -0.132. The molecule has 0 aliphatic carbocycles. The van der Waals surface area contributed by atoms with Crippen LogP contribution in [0.1, 0.15) is 69.4 Å². The van der Waals surface area contributed by atoms with Gasteiger partial charge in [-0.2, -0.15) is 0 Å². The van der Waals surface area contributed by atoms with Crippen LogP contribution >= 0.6 is 11.3 Å². The summed E-state index contributed by atoms with van der Waals surface area (Å²) in [5, 5.41) is 35.0. The molecule has 58 heavy (non-hydrogen) atoms. The first kappa shape index (κ1) is 43.7. The van der Waals surface area contributed by atoms with Crippen molar-refractivity contribution in [1.82, 2.24) is 46.0 Å². The van der Waals surface area contributed by atoms with Gasteiger partial charge in [0.25, 0.3) is 5.91 Å². The Balaban J connectivity index is 1.41. The number of aromatic nitrogens is 3. The molecule has 0 bridgehead atoms. The fourth-order valence-electron chi connectivity index (χ4n) is 6.92. The molecule has 1 fully saturated rings. The van der Waals surface area contributed by atoms with Crippen LogP contribution in [0.15, 0.2) is 64.5 Å². The molecule has 16 nitrogen and oxygen atoms in total. The van der Waals surface area contributed by atoms with Gasteiger partial charge >= 0.3 is 12.1 Å². The number of amides is 5. The summed E-state index contributed by atoms with van der Waals surface area (Å²) in [5.74, 6) is -0.631. The van der Waals surface area contributed by atoms with Gasteiger partial charge in [0.05, 0.1) is 36.6 Å². The highest BCUT2D eigenvalue weighted by molar-refractivity contribution is 7.13. The van der Waals surface area contributed by atoms with Crippen molar-refractivity contribution in [3.63, 3.8) is 0 Å². The molecule has 5 atom stereocenters. The largest absolute Gasteiger partial charge is 0.465 e. The standard InChI is InChI=1S/C41H55N9O7S/c1-8-25(2)34(50-18-17-48(40(50)56)21-29-16-12-13-26(3)42-29)36(52)44-31(20-28-14-10-9-11-15-28)33(51)23-49(46-37(53)35(41(5,6)7)45-39(54)55)22-30-24-58-38(43-30)32-19-27(4)57-47-32/h9-16,19,24-25,31,33-35,45,51H,8,17-18,20-23H2,1-7H3,(H,44,52)(H,46,53)(H,54,55).